The van der Waals surface area contributed by atoms with E-state index in [-0.39, 0.29) is 11.7 Å². The fourth-order valence-electron chi connectivity index (χ4n) is 1.94. The van der Waals surface area contributed by atoms with Crippen LogP contribution in [0.15, 0.2) is 51.4 Å². The minimum absolute atomic E-state index is 0.221. The highest BCUT2D eigenvalue weighted by atomic mass is 79.9. The molecule has 2 aromatic carbocycles. The van der Waals surface area contributed by atoms with Crippen LogP contribution >= 0.6 is 39.1 Å². The molecule has 0 atom stereocenters. The van der Waals surface area contributed by atoms with Gasteiger partial charge in [0.15, 0.2) is 5.76 Å². The monoisotopic (exact) mass is 383 g/mol. The van der Waals surface area contributed by atoms with E-state index in [0.717, 1.165) is 9.86 Å². The number of hydrogen-bond acceptors (Lipinski definition) is 2. The predicted molar refractivity (Wildman–Crippen MR) is 88.3 cm³/mol. The van der Waals surface area contributed by atoms with Crippen molar-refractivity contribution >= 4 is 61.7 Å². The van der Waals surface area contributed by atoms with E-state index >= 15 is 0 Å². The van der Waals surface area contributed by atoms with Gasteiger partial charge in [0.25, 0.3) is 5.91 Å². The molecular weight excluding hydrogens is 377 g/mol. The molecule has 0 aliphatic heterocycles. The van der Waals surface area contributed by atoms with Gasteiger partial charge < -0.3 is 9.73 Å². The summed E-state index contributed by atoms with van der Waals surface area (Å²) in [5, 5.41) is 4.46. The smallest absolute Gasteiger partial charge is 0.291 e. The Labute approximate surface area is 139 Å². The number of fused-ring (bicyclic) bond motifs is 1. The standard InChI is InChI=1S/C15H8BrCl2NO2/c16-9-2-1-8-3-14(21-13(8)4-9)15(20)19-12-6-10(17)5-11(18)7-12/h1-7H,(H,19,20). The summed E-state index contributed by atoms with van der Waals surface area (Å²) in [6, 6.07) is 12.1. The summed E-state index contributed by atoms with van der Waals surface area (Å²) in [4.78, 5) is 12.2. The molecule has 1 heterocycles. The Balaban J connectivity index is 1.89. The Hall–Kier alpha value is -1.49. The Bertz CT molecular complexity index is 825. The van der Waals surface area contributed by atoms with Gasteiger partial charge in [-0.2, -0.15) is 0 Å². The number of carbonyl (C=O) groups is 1. The Morgan fingerprint density at radius 3 is 2.48 bits per heavy atom. The first-order valence-electron chi connectivity index (χ1n) is 5.98. The number of carbonyl (C=O) groups excluding carboxylic acids is 1. The first kappa shape index (κ1) is 14.4. The second-order valence-corrected chi connectivity index (χ2v) is 6.19. The second-order valence-electron chi connectivity index (χ2n) is 4.41. The molecule has 0 aliphatic carbocycles. The average molecular weight is 385 g/mol. The second kappa shape index (κ2) is 5.72. The molecule has 0 spiro atoms. The average Bonchev–Trinajstić information content (AvgIpc) is 2.80. The van der Waals surface area contributed by atoms with Gasteiger partial charge in [-0.3, -0.25) is 4.79 Å². The van der Waals surface area contributed by atoms with E-state index in [9.17, 15) is 4.79 Å². The van der Waals surface area contributed by atoms with Crippen LogP contribution in [0.3, 0.4) is 0 Å². The molecule has 0 unspecified atom stereocenters. The Morgan fingerprint density at radius 2 is 1.76 bits per heavy atom. The van der Waals surface area contributed by atoms with Crippen molar-refractivity contribution in [2.24, 2.45) is 0 Å². The van der Waals surface area contributed by atoms with E-state index in [1.165, 1.54) is 0 Å². The summed E-state index contributed by atoms with van der Waals surface area (Å²) >= 11 is 15.2. The molecule has 0 radical (unpaired) electrons. The third kappa shape index (κ3) is 3.23. The lowest BCUT2D eigenvalue weighted by Crippen LogP contribution is -2.10. The van der Waals surface area contributed by atoms with Gasteiger partial charge >= 0.3 is 0 Å². The first-order valence-corrected chi connectivity index (χ1v) is 7.53. The zero-order valence-corrected chi connectivity index (χ0v) is 13.6. The van der Waals surface area contributed by atoms with Crippen LogP contribution in [-0.4, -0.2) is 5.91 Å². The molecular formula is C15H8BrCl2NO2. The van der Waals surface area contributed by atoms with Gasteiger partial charge in [0.05, 0.1) is 0 Å². The maximum absolute atomic E-state index is 12.2. The van der Waals surface area contributed by atoms with Crippen LogP contribution in [0.4, 0.5) is 5.69 Å². The van der Waals surface area contributed by atoms with Crippen molar-refractivity contribution in [3.05, 3.63) is 62.7 Å². The van der Waals surface area contributed by atoms with Crippen LogP contribution in [0.1, 0.15) is 10.6 Å². The Kier molecular flexibility index (Phi) is 3.93. The predicted octanol–water partition coefficient (Wildman–Crippen LogP) is 5.75. The summed E-state index contributed by atoms with van der Waals surface area (Å²) in [7, 11) is 0. The lowest BCUT2D eigenvalue weighted by Gasteiger charge is -2.04. The number of furan rings is 1. The van der Waals surface area contributed by atoms with Crippen LogP contribution in [0.5, 0.6) is 0 Å². The number of benzene rings is 2. The summed E-state index contributed by atoms with van der Waals surface area (Å²) in [5.41, 5.74) is 1.15. The number of anilines is 1. The zero-order valence-electron chi connectivity index (χ0n) is 10.5. The van der Waals surface area contributed by atoms with Crippen LogP contribution in [-0.2, 0) is 0 Å². The fourth-order valence-corrected chi connectivity index (χ4v) is 2.80. The van der Waals surface area contributed by atoms with Crippen molar-refractivity contribution in [2.75, 3.05) is 5.32 Å². The van der Waals surface area contributed by atoms with Crippen molar-refractivity contribution in [3.8, 4) is 0 Å². The van der Waals surface area contributed by atoms with Gasteiger partial charge in [-0.15, -0.1) is 0 Å². The molecule has 106 valence electrons. The van der Waals surface area contributed by atoms with Gasteiger partial charge in [-0.25, -0.2) is 0 Å². The molecule has 0 aliphatic rings. The van der Waals surface area contributed by atoms with Crippen molar-refractivity contribution in [2.45, 2.75) is 0 Å². The van der Waals surface area contributed by atoms with Crippen molar-refractivity contribution in [1.82, 2.24) is 0 Å². The highest BCUT2D eigenvalue weighted by Gasteiger charge is 2.13. The van der Waals surface area contributed by atoms with Crippen molar-refractivity contribution < 1.29 is 9.21 Å². The molecule has 3 rings (SSSR count). The van der Waals surface area contributed by atoms with E-state index in [2.05, 4.69) is 21.2 Å². The molecule has 3 nitrogen and oxygen atoms in total. The van der Waals surface area contributed by atoms with Crippen molar-refractivity contribution in [3.63, 3.8) is 0 Å². The molecule has 6 heteroatoms. The van der Waals surface area contributed by atoms with Crippen LogP contribution < -0.4 is 5.32 Å². The van der Waals surface area contributed by atoms with E-state index < -0.39 is 0 Å². The summed E-state index contributed by atoms with van der Waals surface area (Å²) < 4.78 is 6.42. The van der Waals surface area contributed by atoms with Crippen LogP contribution in [0.25, 0.3) is 11.0 Å². The lowest BCUT2D eigenvalue weighted by molar-refractivity contribution is 0.0998. The topological polar surface area (TPSA) is 42.2 Å². The van der Waals surface area contributed by atoms with Crippen LogP contribution in [0, 0.1) is 0 Å². The van der Waals surface area contributed by atoms with E-state index in [1.807, 2.05) is 18.2 Å². The molecule has 21 heavy (non-hydrogen) atoms. The number of halogens is 3. The van der Waals surface area contributed by atoms with Gasteiger partial charge in [0.2, 0.25) is 0 Å². The van der Waals surface area contributed by atoms with Crippen LogP contribution in [0.2, 0.25) is 10.0 Å². The molecule has 1 aromatic heterocycles. The minimum atomic E-state index is -0.361. The highest BCUT2D eigenvalue weighted by Crippen LogP contribution is 2.25. The number of hydrogen-bond donors (Lipinski definition) is 1. The Morgan fingerprint density at radius 1 is 1.05 bits per heavy atom. The largest absolute Gasteiger partial charge is 0.451 e. The quantitative estimate of drug-likeness (QED) is 0.610. The lowest BCUT2D eigenvalue weighted by atomic mass is 10.2. The molecule has 1 N–H and O–H groups in total. The third-order valence-corrected chi connectivity index (χ3v) is 3.76. The number of nitrogens with one attached hydrogen (secondary N) is 1. The summed E-state index contributed by atoms with van der Waals surface area (Å²) in [5.74, 6) is -0.139. The van der Waals surface area contributed by atoms with E-state index in [1.54, 1.807) is 24.3 Å². The molecule has 0 saturated heterocycles. The van der Waals surface area contributed by atoms with E-state index in [4.69, 9.17) is 27.6 Å². The highest BCUT2D eigenvalue weighted by molar-refractivity contribution is 9.10. The fraction of sp³-hybridized carbons (Fsp3) is 0. The normalized spacial score (nSPS) is 10.8. The number of amides is 1. The SMILES string of the molecule is O=C(Nc1cc(Cl)cc(Cl)c1)c1cc2ccc(Br)cc2o1. The third-order valence-electron chi connectivity index (χ3n) is 2.83. The minimum Gasteiger partial charge on any atom is -0.451 e. The maximum Gasteiger partial charge on any atom is 0.291 e. The first-order chi connectivity index (χ1) is 10.0. The molecule has 3 aromatic rings. The zero-order chi connectivity index (χ0) is 15.0. The molecule has 1 amide bonds. The molecule has 0 fully saturated rings. The summed E-state index contributed by atoms with van der Waals surface area (Å²) in [6.07, 6.45) is 0. The molecule has 0 saturated carbocycles. The maximum atomic E-state index is 12.2. The molecule has 0 bridgehead atoms. The van der Waals surface area contributed by atoms with Gasteiger partial charge in [0.1, 0.15) is 5.58 Å². The van der Waals surface area contributed by atoms with Crippen molar-refractivity contribution in [1.29, 1.82) is 0 Å². The van der Waals surface area contributed by atoms with E-state index in [0.29, 0.717) is 21.3 Å². The summed E-state index contributed by atoms with van der Waals surface area (Å²) in [6.45, 7) is 0. The van der Waals surface area contributed by atoms with Gasteiger partial charge in [-0.1, -0.05) is 39.1 Å². The number of rotatable bonds is 2. The van der Waals surface area contributed by atoms with Gasteiger partial charge in [-0.05, 0) is 42.5 Å². The van der Waals surface area contributed by atoms with Gasteiger partial charge in [0, 0.05) is 25.6 Å².